The molecule has 0 unspecified atom stereocenters. The van der Waals surface area contributed by atoms with Gasteiger partial charge in [-0.05, 0) is 24.3 Å². The van der Waals surface area contributed by atoms with Crippen LogP contribution >= 0.6 is 0 Å². The summed E-state index contributed by atoms with van der Waals surface area (Å²) in [6, 6.07) is 13.3. The van der Waals surface area contributed by atoms with E-state index in [-0.39, 0.29) is 12.4 Å². The van der Waals surface area contributed by atoms with Gasteiger partial charge in [-0.25, -0.2) is 9.18 Å². The molecule has 4 nitrogen and oxygen atoms in total. The summed E-state index contributed by atoms with van der Waals surface area (Å²) < 4.78 is 24.2. The first-order chi connectivity index (χ1) is 10.2. The van der Waals surface area contributed by atoms with E-state index in [0.717, 1.165) is 11.8 Å². The van der Waals surface area contributed by atoms with Crippen LogP contribution in [0.15, 0.2) is 48.5 Å². The van der Waals surface area contributed by atoms with Crippen LogP contribution in [-0.4, -0.2) is 24.3 Å². The number of carbonyl (C=O) groups is 1. The van der Waals surface area contributed by atoms with Crippen molar-refractivity contribution in [3.8, 4) is 11.5 Å². The molecule has 21 heavy (non-hydrogen) atoms. The molecule has 0 amide bonds. The Morgan fingerprint density at radius 3 is 2.43 bits per heavy atom. The topological polar surface area (TPSA) is 55.8 Å². The van der Waals surface area contributed by atoms with Gasteiger partial charge in [0.25, 0.3) is 0 Å². The van der Waals surface area contributed by atoms with E-state index in [0.29, 0.717) is 13.0 Å². The van der Waals surface area contributed by atoms with Gasteiger partial charge in [0.1, 0.15) is 22.9 Å². The molecule has 1 N–H and O–H groups in total. The molecule has 0 heterocycles. The Labute approximate surface area is 121 Å². The monoisotopic (exact) mass is 290 g/mol. The highest BCUT2D eigenvalue weighted by Crippen LogP contribution is 2.21. The molecule has 0 atom stereocenters. The van der Waals surface area contributed by atoms with Crippen LogP contribution in [0, 0.1) is 5.82 Å². The molecule has 2 aromatic rings. The fourth-order valence-electron chi connectivity index (χ4n) is 1.78. The van der Waals surface area contributed by atoms with Crippen LogP contribution < -0.4 is 9.47 Å². The smallest absolute Gasteiger partial charge is 0.342 e. The minimum Gasteiger partial charge on any atom is -0.493 e. The van der Waals surface area contributed by atoms with Gasteiger partial charge in [0, 0.05) is 6.42 Å². The highest BCUT2D eigenvalue weighted by Gasteiger charge is 2.16. The lowest BCUT2D eigenvalue weighted by molar-refractivity contribution is 0.0686. The molecular weight excluding hydrogens is 275 g/mol. The number of rotatable bonds is 7. The highest BCUT2D eigenvalue weighted by molar-refractivity contribution is 5.91. The number of halogens is 1. The average molecular weight is 290 g/mol. The molecule has 0 aliphatic rings. The summed E-state index contributed by atoms with van der Waals surface area (Å²) in [4.78, 5) is 11.0. The normalized spacial score (nSPS) is 10.1. The van der Waals surface area contributed by atoms with Crippen LogP contribution in [0.1, 0.15) is 16.8 Å². The average Bonchev–Trinajstić information content (AvgIpc) is 2.47. The van der Waals surface area contributed by atoms with Crippen molar-refractivity contribution in [2.45, 2.75) is 6.42 Å². The van der Waals surface area contributed by atoms with Crippen LogP contribution in [0.4, 0.5) is 4.39 Å². The predicted molar refractivity (Wildman–Crippen MR) is 75.4 cm³/mol. The summed E-state index contributed by atoms with van der Waals surface area (Å²) in [5.74, 6) is -1.36. The van der Waals surface area contributed by atoms with Gasteiger partial charge in [-0.3, -0.25) is 0 Å². The van der Waals surface area contributed by atoms with Crippen molar-refractivity contribution < 1.29 is 23.8 Å². The minimum atomic E-state index is -1.34. The zero-order chi connectivity index (χ0) is 15.1. The van der Waals surface area contributed by atoms with Crippen molar-refractivity contribution in [2.24, 2.45) is 0 Å². The number of benzene rings is 2. The van der Waals surface area contributed by atoms with Crippen LogP contribution in [0.25, 0.3) is 0 Å². The van der Waals surface area contributed by atoms with Crippen molar-refractivity contribution in [3.63, 3.8) is 0 Å². The van der Waals surface area contributed by atoms with E-state index >= 15 is 0 Å². The quantitative estimate of drug-likeness (QED) is 0.794. The molecule has 0 aliphatic carbocycles. The van der Waals surface area contributed by atoms with Gasteiger partial charge < -0.3 is 14.6 Å². The Kier molecular flexibility index (Phi) is 5.15. The molecule has 110 valence electrons. The largest absolute Gasteiger partial charge is 0.493 e. The number of aromatic carboxylic acids is 1. The first-order valence-corrected chi connectivity index (χ1v) is 6.51. The van der Waals surface area contributed by atoms with Crippen molar-refractivity contribution in [2.75, 3.05) is 13.2 Å². The minimum absolute atomic E-state index is 0.0298. The second-order valence-corrected chi connectivity index (χ2v) is 4.28. The summed E-state index contributed by atoms with van der Waals surface area (Å²) >= 11 is 0. The predicted octanol–water partition coefficient (Wildman–Crippen LogP) is 3.37. The van der Waals surface area contributed by atoms with Gasteiger partial charge in [-0.15, -0.1) is 0 Å². The second kappa shape index (κ2) is 7.28. The maximum absolute atomic E-state index is 13.4. The van der Waals surface area contributed by atoms with Crippen molar-refractivity contribution in [1.82, 2.24) is 0 Å². The zero-order valence-corrected chi connectivity index (χ0v) is 11.3. The summed E-state index contributed by atoms with van der Waals surface area (Å²) in [5, 5.41) is 8.95. The lowest BCUT2D eigenvalue weighted by Crippen LogP contribution is -2.09. The SMILES string of the molecule is O=C(O)c1c(F)cccc1OCCCOc1ccccc1. The van der Waals surface area contributed by atoms with E-state index in [1.54, 1.807) is 0 Å². The van der Waals surface area contributed by atoms with Gasteiger partial charge in [0.15, 0.2) is 0 Å². The molecular formula is C16H15FO4. The zero-order valence-electron chi connectivity index (χ0n) is 11.3. The van der Waals surface area contributed by atoms with E-state index in [1.807, 2.05) is 30.3 Å². The molecule has 2 aromatic carbocycles. The van der Waals surface area contributed by atoms with Crippen LogP contribution in [0.2, 0.25) is 0 Å². The number of para-hydroxylation sites is 1. The highest BCUT2D eigenvalue weighted by atomic mass is 19.1. The summed E-state index contributed by atoms with van der Waals surface area (Å²) in [6.45, 7) is 0.679. The number of hydrogen-bond acceptors (Lipinski definition) is 3. The Morgan fingerprint density at radius 2 is 1.71 bits per heavy atom. The number of hydrogen-bond donors (Lipinski definition) is 1. The van der Waals surface area contributed by atoms with E-state index in [9.17, 15) is 9.18 Å². The summed E-state index contributed by atoms with van der Waals surface area (Å²) in [5.41, 5.74) is -0.443. The first-order valence-electron chi connectivity index (χ1n) is 6.51. The summed E-state index contributed by atoms with van der Waals surface area (Å²) in [7, 11) is 0. The van der Waals surface area contributed by atoms with Crippen molar-refractivity contribution in [1.29, 1.82) is 0 Å². The van der Waals surface area contributed by atoms with E-state index in [1.165, 1.54) is 12.1 Å². The third-order valence-corrected chi connectivity index (χ3v) is 2.75. The van der Waals surface area contributed by atoms with Gasteiger partial charge in [0.2, 0.25) is 0 Å². The number of carboxylic acid groups (broad SMARTS) is 1. The van der Waals surface area contributed by atoms with Gasteiger partial charge in [-0.1, -0.05) is 24.3 Å². The number of ether oxygens (including phenoxy) is 2. The maximum atomic E-state index is 13.4. The number of carboxylic acids is 1. The molecule has 0 aliphatic heterocycles. The fraction of sp³-hybridized carbons (Fsp3) is 0.188. The molecule has 0 spiro atoms. The first kappa shape index (κ1) is 14.8. The van der Waals surface area contributed by atoms with Gasteiger partial charge in [-0.2, -0.15) is 0 Å². The Hall–Kier alpha value is -2.56. The van der Waals surface area contributed by atoms with Crippen LogP contribution in [0.5, 0.6) is 11.5 Å². The lowest BCUT2D eigenvalue weighted by atomic mass is 10.2. The van der Waals surface area contributed by atoms with Crippen LogP contribution in [0.3, 0.4) is 0 Å². The maximum Gasteiger partial charge on any atom is 0.342 e. The third-order valence-electron chi connectivity index (χ3n) is 2.75. The Balaban J connectivity index is 1.81. The second-order valence-electron chi connectivity index (χ2n) is 4.28. The van der Waals surface area contributed by atoms with Gasteiger partial charge >= 0.3 is 5.97 Å². The molecule has 0 bridgehead atoms. The molecule has 2 rings (SSSR count). The molecule has 0 fully saturated rings. The molecule has 0 saturated carbocycles. The molecule has 0 saturated heterocycles. The van der Waals surface area contributed by atoms with Crippen LogP contribution in [-0.2, 0) is 0 Å². The van der Waals surface area contributed by atoms with E-state index < -0.39 is 17.3 Å². The van der Waals surface area contributed by atoms with E-state index in [4.69, 9.17) is 14.6 Å². The molecule has 5 heteroatoms. The Bertz CT molecular complexity index is 598. The van der Waals surface area contributed by atoms with E-state index in [2.05, 4.69) is 0 Å². The molecule has 0 radical (unpaired) electrons. The van der Waals surface area contributed by atoms with Crippen molar-refractivity contribution in [3.05, 3.63) is 59.9 Å². The fourth-order valence-corrected chi connectivity index (χ4v) is 1.78. The Morgan fingerprint density at radius 1 is 1.00 bits per heavy atom. The van der Waals surface area contributed by atoms with Crippen molar-refractivity contribution >= 4 is 5.97 Å². The van der Waals surface area contributed by atoms with Gasteiger partial charge in [0.05, 0.1) is 13.2 Å². The molecule has 0 aromatic heterocycles. The lowest BCUT2D eigenvalue weighted by Gasteiger charge is -2.10. The third kappa shape index (κ3) is 4.21. The summed E-state index contributed by atoms with van der Waals surface area (Å²) in [6.07, 6.45) is 0.560. The standard InChI is InChI=1S/C16H15FO4/c17-13-8-4-9-14(15(13)16(18)19)21-11-5-10-20-12-6-2-1-3-7-12/h1-4,6-9H,5,10-11H2,(H,18,19).